The van der Waals surface area contributed by atoms with Crippen molar-refractivity contribution in [1.29, 1.82) is 0 Å². The quantitative estimate of drug-likeness (QED) is 0.649. The molecule has 1 aromatic rings. The number of nitrogens with two attached hydrogens (primary N) is 1. The third-order valence-electron chi connectivity index (χ3n) is 4.68. The van der Waals surface area contributed by atoms with Crippen molar-refractivity contribution in [2.24, 2.45) is 17.2 Å². The van der Waals surface area contributed by atoms with Crippen molar-refractivity contribution in [1.82, 2.24) is 5.43 Å². The summed E-state index contributed by atoms with van der Waals surface area (Å²) >= 11 is 0. The average molecular weight is 282 g/mol. The summed E-state index contributed by atoms with van der Waals surface area (Å²) in [5.41, 5.74) is 3.71. The van der Waals surface area contributed by atoms with Crippen LogP contribution in [0.4, 0.5) is 8.78 Å². The molecule has 3 N–H and O–H groups in total. The summed E-state index contributed by atoms with van der Waals surface area (Å²) in [4.78, 5) is 0. The second kappa shape index (κ2) is 5.78. The highest BCUT2D eigenvalue weighted by molar-refractivity contribution is 5.28. The van der Waals surface area contributed by atoms with Gasteiger partial charge < -0.3 is 0 Å². The Morgan fingerprint density at radius 3 is 2.35 bits per heavy atom. The molecule has 1 atom stereocenters. The van der Waals surface area contributed by atoms with Crippen LogP contribution in [0.1, 0.15) is 56.7 Å². The average Bonchev–Trinajstić information content (AvgIpc) is 2.41. The van der Waals surface area contributed by atoms with Crippen LogP contribution in [0.3, 0.4) is 0 Å². The Morgan fingerprint density at radius 1 is 1.20 bits per heavy atom. The Morgan fingerprint density at radius 2 is 1.80 bits per heavy atom. The molecule has 1 unspecified atom stereocenters. The van der Waals surface area contributed by atoms with E-state index in [-0.39, 0.29) is 12.0 Å². The predicted octanol–water partition coefficient (Wildman–Crippen LogP) is 3.99. The van der Waals surface area contributed by atoms with Gasteiger partial charge in [-0.05, 0) is 49.5 Å². The first kappa shape index (κ1) is 15.4. The van der Waals surface area contributed by atoms with Crippen LogP contribution in [0.25, 0.3) is 0 Å². The van der Waals surface area contributed by atoms with Crippen molar-refractivity contribution in [2.75, 3.05) is 0 Å². The molecule has 0 radical (unpaired) electrons. The van der Waals surface area contributed by atoms with Crippen LogP contribution in [-0.4, -0.2) is 0 Å². The Labute approximate surface area is 119 Å². The van der Waals surface area contributed by atoms with Gasteiger partial charge in [-0.2, -0.15) is 0 Å². The summed E-state index contributed by atoms with van der Waals surface area (Å²) in [5.74, 6) is 4.34. The van der Waals surface area contributed by atoms with E-state index in [1.165, 1.54) is 0 Å². The van der Waals surface area contributed by atoms with Crippen LogP contribution >= 0.6 is 0 Å². The van der Waals surface area contributed by atoms with Crippen molar-refractivity contribution in [2.45, 2.75) is 52.5 Å². The Balaban J connectivity index is 2.23. The van der Waals surface area contributed by atoms with Crippen LogP contribution < -0.4 is 11.3 Å². The third kappa shape index (κ3) is 3.01. The minimum absolute atomic E-state index is 0.254. The highest BCUT2D eigenvalue weighted by Gasteiger charge is 2.33. The van der Waals surface area contributed by atoms with Crippen LogP contribution in [0.5, 0.6) is 0 Å². The minimum Gasteiger partial charge on any atom is -0.271 e. The van der Waals surface area contributed by atoms with Crippen molar-refractivity contribution in [3.63, 3.8) is 0 Å². The van der Waals surface area contributed by atoms with Crippen LogP contribution in [0.2, 0.25) is 0 Å². The summed E-state index contributed by atoms with van der Waals surface area (Å²) < 4.78 is 27.9. The number of aryl methyl sites for hydroxylation is 1. The molecule has 0 saturated heterocycles. The van der Waals surface area contributed by atoms with E-state index in [1.807, 2.05) is 0 Å². The molecule has 1 aliphatic rings. The molecule has 1 aliphatic carbocycles. The van der Waals surface area contributed by atoms with E-state index < -0.39 is 11.6 Å². The highest BCUT2D eigenvalue weighted by atomic mass is 19.2. The van der Waals surface area contributed by atoms with Crippen molar-refractivity contribution in [3.8, 4) is 0 Å². The van der Waals surface area contributed by atoms with Gasteiger partial charge in [0, 0.05) is 5.56 Å². The number of halogens is 2. The fourth-order valence-electron chi connectivity index (χ4n) is 3.14. The van der Waals surface area contributed by atoms with Gasteiger partial charge in [-0.3, -0.25) is 11.3 Å². The molecule has 112 valence electrons. The third-order valence-corrected chi connectivity index (χ3v) is 4.68. The zero-order chi connectivity index (χ0) is 14.9. The molecule has 0 spiro atoms. The second-order valence-corrected chi connectivity index (χ2v) is 6.75. The zero-order valence-corrected chi connectivity index (χ0v) is 12.5. The first-order valence-electron chi connectivity index (χ1n) is 7.26. The molecular weight excluding hydrogens is 258 g/mol. The van der Waals surface area contributed by atoms with E-state index in [0.29, 0.717) is 16.5 Å². The number of nitrogens with one attached hydrogen (secondary N) is 1. The van der Waals surface area contributed by atoms with Crippen LogP contribution in [0, 0.1) is 29.9 Å². The van der Waals surface area contributed by atoms with E-state index in [4.69, 9.17) is 5.84 Å². The molecular formula is C16H24F2N2. The molecule has 0 bridgehead atoms. The monoisotopic (exact) mass is 282 g/mol. The van der Waals surface area contributed by atoms with Gasteiger partial charge >= 0.3 is 0 Å². The van der Waals surface area contributed by atoms with E-state index in [0.717, 1.165) is 25.7 Å². The fourth-order valence-corrected chi connectivity index (χ4v) is 3.14. The second-order valence-electron chi connectivity index (χ2n) is 6.75. The predicted molar refractivity (Wildman–Crippen MR) is 76.9 cm³/mol. The number of benzene rings is 1. The molecule has 0 aromatic heterocycles. The highest BCUT2D eigenvalue weighted by Crippen LogP contribution is 2.43. The summed E-state index contributed by atoms with van der Waals surface area (Å²) in [6.07, 6.45) is 4.14. The van der Waals surface area contributed by atoms with Gasteiger partial charge in [-0.15, -0.1) is 0 Å². The number of hydrazine groups is 1. The largest absolute Gasteiger partial charge is 0.271 e. The van der Waals surface area contributed by atoms with Crippen molar-refractivity contribution >= 4 is 0 Å². The lowest BCUT2D eigenvalue weighted by Crippen LogP contribution is -2.37. The van der Waals surface area contributed by atoms with Gasteiger partial charge in [0.25, 0.3) is 0 Å². The molecule has 1 saturated carbocycles. The van der Waals surface area contributed by atoms with E-state index in [1.54, 1.807) is 19.1 Å². The van der Waals surface area contributed by atoms with Gasteiger partial charge in [0.1, 0.15) is 0 Å². The maximum atomic E-state index is 14.1. The molecule has 4 heteroatoms. The lowest BCUT2D eigenvalue weighted by atomic mass is 9.70. The summed E-state index contributed by atoms with van der Waals surface area (Å²) in [7, 11) is 0. The van der Waals surface area contributed by atoms with Gasteiger partial charge in [-0.25, -0.2) is 8.78 Å². The van der Waals surface area contributed by atoms with Crippen LogP contribution in [-0.2, 0) is 0 Å². The summed E-state index contributed by atoms with van der Waals surface area (Å²) in [5, 5.41) is 0. The van der Waals surface area contributed by atoms with E-state index >= 15 is 0 Å². The lowest BCUT2D eigenvalue weighted by molar-refractivity contribution is 0.160. The molecule has 2 nitrogen and oxygen atoms in total. The van der Waals surface area contributed by atoms with E-state index in [9.17, 15) is 8.78 Å². The van der Waals surface area contributed by atoms with Crippen molar-refractivity contribution < 1.29 is 8.78 Å². The Hall–Kier alpha value is -1.00. The molecule has 2 rings (SSSR count). The smallest absolute Gasteiger partial charge is 0.163 e. The van der Waals surface area contributed by atoms with Gasteiger partial charge in [-0.1, -0.05) is 26.0 Å². The van der Waals surface area contributed by atoms with Gasteiger partial charge in [0.2, 0.25) is 0 Å². The topological polar surface area (TPSA) is 38.0 Å². The zero-order valence-electron chi connectivity index (χ0n) is 12.5. The van der Waals surface area contributed by atoms with E-state index in [2.05, 4.69) is 19.3 Å². The SMILES string of the molecule is Cc1ccc(C(NN)C2CCC(C)(C)CC2)c(F)c1F. The van der Waals surface area contributed by atoms with Crippen molar-refractivity contribution in [3.05, 3.63) is 34.9 Å². The van der Waals surface area contributed by atoms with Gasteiger partial charge in [0.15, 0.2) is 11.6 Å². The van der Waals surface area contributed by atoms with Gasteiger partial charge in [0.05, 0.1) is 6.04 Å². The standard InChI is InChI=1S/C16H24F2N2/c1-10-4-5-12(14(18)13(10)17)15(20-19)11-6-8-16(2,3)9-7-11/h4-5,11,15,20H,6-9,19H2,1-3H3. The number of hydrogen-bond donors (Lipinski definition) is 2. The molecule has 0 amide bonds. The normalized spacial score (nSPS) is 20.9. The maximum absolute atomic E-state index is 14.1. The maximum Gasteiger partial charge on any atom is 0.163 e. The minimum atomic E-state index is -0.766. The lowest BCUT2D eigenvalue weighted by Gasteiger charge is -2.38. The summed E-state index contributed by atoms with van der Waals surface area (Å²) in [6, 6.07) is 2.95. The molecule has 1 aromatic carbocycles. The Bertz CT molecular complexity index is 476. The molecule has 1 fully saturated rings. The Kier molecular flexibility index (Phi) is 4.45. The fraction of sp³-hybridized carbons (Fsp3) is 0.625. The summed E-state index contributed by atoms with van der Waals surface area (Å²) in [6.45, 7) is 6.07. The van der Waals surface area contributed by atoms with Crippen LogP contribution in [0.15, 0.2) is 12.1 Å². The molecule has 0 aliphatic heterocycles. The molecule has 0 heterocycles. The first-order valence-corrected chi connectivity index (χ1v) is 7.26. The number of rotatable bonds is 3. The molecule has 20 heavy (non-hydrogen) atoms. The number of hydrogen-bond acceptors (Lipinski definition) is 2. The first-order chi connectivity index (χ1) is 9.35.